The van der Waals surface area contributed by atoms with E-state index in [9.17, 15) is 9.59 Å². The zero-order valence-electron chi connectivity index (χ0n) is 13.3. The van der Waals surface area contributed by atoms with E-state index in [0.717, 1.165) is 6.42 Å². The summed E-state index contributed by atoms with van der Waals surface area (Å²) in [6, 6.07) is 0. The van der Waals surface area contributed by atoms with Crippen LogP contribution >= 0.6 is 0 Å². The fourth-order valence-corrected chi connectivity index (χ4v) is 6.27. The van der Waals surface area contributed by atoms with Crippen molar-refractivity contribution in [3.8, 4) is 0 Å². The van der Waals surface area contributed by atoms with E-state index >= 15 is 0 Å². The number of ether oxygens (including phenoxy) is 1. The number of rotatable bonds is 10. The number of cyclic esters (lactones) is 2. The first-order valence-electron chi connectivity index (χ1n) is 7.70. The smallest absolute Gasteiger partial charge is 0.393 e. The third-order valence-corrected chi connectivity index (χ3v) is 7.15. The molecule has 0 N–H and O–H groups in total. The van der Waals surface area contributed by atoms with Gasteiger partial charge in [-0.25, -0.2) is 0 Å². The normalized spacial score (nSPS) is 20.7. The average molecular weight is 318 g/mol. The monoisotopic (exact) mass is 318 g/mol. The maximum atomic E-state index is 12.0. The third kappa shape index (κ3) is 4.35. The second kappa shape index (κ2) is 8.62. The molecule has 1 aliphatic rings. The molecule has 6 nitrogen and oxygen atoms in total. The number of carbonyl (C=O) groups excluding carboxylic acids is 2. The van der Waals surface area contributed by atoms with Crippen molar-refractivity contribution in [3.05, 3.63) is 0 Å². The highest BCUT2D eigenvalue weighted by molar-refractivity contribution is 6.63. The van der Waals surface area contributed by atoms with Crippen LogP contribution < -0.4 is 0 Å². The molecule has 0 spiro atoms. The summed E-state index contributed by atoms with van der Waals surface area (Å²) in [5.41, 5.74) is -0.235. The molecule has 21 heavy (non-hydrogen) atoms. The Morgan fingerprint density at radius 3 is 1.95 bits per heavy atom. The summed E-state index contributed by atoms with van der Waals surface area (Å²) in [6.07, 6.45) is 1.65. The van der Waals surface area contributed by atoms with Crippen molar-refractivity contribution in [1.29, 1.82) is 0 Å². The van der Waals surface area contributed by atoms with E-state index in [-0.39, 0.29) is 12.0 Å². The Morgan fingerprint density at radius 1 is 1.10 bits per heavy atom. The number of hydrogen-bond donors (Lipinski definition) is 0. The molecule has 1 aliphatic heterocycles. The van der Waals surface area contributed by atoms with Crippen LogP contribution in [0.3, 0.4) is 0 Å². The van der Waals surface area contributed by atoms with Gasteiger partial charge >= 0.3 is 20.7 Å². The standard InChI is InChI=1S/C14H26O6Si/c1-5-9-12(11-10-13(15)20-14(11)16)21(17-6-2,18-7-3)19-8-4/h11-12H,5-10H2,1-4H3. The van der Waals surface area contributed by atoms with Gasteiger partial charge in [0, 0.05) is 25.4 Å². The molecule has 0 saturated carbocycles. The average Bonchev–Trinajstić information content (AvgIpc) is 2.75. The Hall–Kier alpha value is -0.763. The van der Waals surface area contributed by atoms with Gasteiger partial charge in [-0.3, -0.25) is 9.59 Å². The second-order valence-electron chi connectivity index (χ2n) is 4.90. The predicted molar refractivity (Wildman–Crippen MR) is 78.5 cm³/mol. The molecule has 0 radical (unpaired) electrons. The number of esters is 2. The van der Waals surface area contributed by atoms with Crippen LogP contribution in [0, 0.1) is 5.92 Å². The largest absolute Gasteiger partial charge is 0.505 e. The maximum absolute atomic E-state index is 12.0. The van der Waals surface area contributed by atoms with E-state index in [1.54, 1.807) is 0 Å². The second-order valence-corrected chi connectivity index (χ2v) is 7.72. The molecule has 0 aromatic rings. The lowest BCUT2D eigenvalue weighted by molar-refractivity contribution is -0.153. The minimum atomic E-state index is -3.04. The molecule has 7 heteroatoms. The molecule has 1 fully saturated rings. The van der Waals surface area contributed by atoms with E-state index in [1.807, 2.05) is 27.7 Å². The molecule has 0 aromatic heterocycles. The van der Waals surface area contributed by atoms with Crippen LogP contribution in [0.5, 0.6) is 0 Å². The topological polar surface area (TPSA) is 71.1 Å². The van der Waals surface area contributed by atoms with Crippen molar-refractivity contribution in [3.63, 3.8) is 0 Å². The van der Waals surface area contributed by atoms with Gasteiger partial charge in [0.25, 0.3) is 0 Å². The van der Waals surface area contributed by atoms with E-state index in [1.165, 1.54) is 0 Å². The Morgan fingerprint density at radius 2 is 1.62 bits per heavy atom. The van der Waals surface area contributed by atoms with Gasteiger partial charge in [-0.15, -0.1) is 0 Å². The summed E-state index contributed by atoms with van der Waals surface area (Å²) < 4.78 is 22.4. The van der Waals surface area contributed by atoms with Crippen molar-refractivity contribution in [2.45, 2.75) is 52.5 Å². The van der Waals surface area contributed by atoms with Crippen LogP contribution in [0.2, 0.25) is 5.54 Å². The van der Waals surface area contributed by atoms with Crippen molar-refractivity contribution in [2.75, 3.05) is 19.8 Å². The lowest BCUT2D eigenvalue weighted by atomic mass is 10.00. The van der Waals surface area contributed by atoms with Gasteiger partial charge in [-0.2, -0.15) is 0 Å². The van der Waals surface area contributed by atoms with Crippen molar-refractivity contribution in [2.24, 2.45) is 5.92 Å². The first-order valence-corrected chi connectivity index (χ1v) is 9.51. The first-order chi connectivity index (χ1) is 10.0. The summed E-state index contributed by atoms with van der Waals surface area (Å²) in [5, 5.41) is 0. The van der Waals surface area contributed by atoms with Crippen molar-refractivity contribution >= 4 is 20.7 Å². The van der Waals surface area contributed by atoms with Gasteiger partial charge in [0.1, 0.15) is 0 Å². The predicted octanol–water partition coefficient (Wildman–Crippen LogP) is 2.29. The van der Waals surface area contributed by atoms with E-state index in [4.69, 9.17) is 18.0 Å². The highest BCUT2D eigenvalue weighted by Gasteiger charge is 2.56. The van der Waals surface area contributed by atoms with Gasteiger partial charge in [0.05, 0.1) is 12.3 Å². The van der Waals surface area contributed by atoms with Crippen LogP contribution in [0.25, 0.3) is 0 Å². The van der Waals surface area contributed by atoms with E-state index in [0.29, 0.717) is 26.2 Å². The van der Waals surface area contributed by atoms with Gasteiger partial charge < -0.3 is 18.0 Å². The molecule has 1 rings (SSSR count). The fraction of sp³-hybridized carbons (Fsp3) is 0.857. The molecule has 0 aromatic carbocycles. The Bertz CT molecular complexity index is 342. The first kappa shape index (κ1) is 18.3. The minimum absolute atomic E-state index is 0.0888. The third-order valence-electron chi connectivity index (χ3n) is 3.48. The Kier molecular flexibility index (Phi) is 7.51. The zero-order valence-corrected chi connectivity index (χ0v) is 14.3. The maximum Gasteiger partial charge on any atom is 0.505 e. The molecule has 1 heterocycles. The SMILES string of the molecule is CCCC(C1CC(=O)OC1=O)[Si](OCC)(OCC)OCC. The Labute approximate surface area is 127 Å². The van der Waals surface area contributed by atoms with E-state index < -0.39 is 26.7 Å². The van der Waals surface area contributed by atoms with Crippen LogP contribution in [-0.4, -0.2) is 40.6 Å². The molecule has 0 bridgehead atoms. The molecule has 0 aliphatic carbocycles. The molecule has 2 atom stereocenters. The molecular weight excluding hydrogens is 292 g/mol. The number of carbonyl (C=O) groups is 2. The van der Waals surface area contributed by atoms with E-state index in [2.05, 4.69) is 0 Å². The molecule has 0 amide bonds. The quantitative estimate of drug-likeness (QED) is 0.350. The lowest BCUT2D eigenvalue weighted by Gasteiger charge is -2.36. The van der Waals surface area contributed by atoms with Gasteiger partial charge in [-0.1, -0.05) is 13.3 Å². The van der Waals surface area contributed by atoms with Crippen molar-refractivity contribution in [1.82, 2.24) is 0 Å². The highest BCUT2D eigenvalue weighted by Crippen LogP contribution is 2.41. The summed E-state index contributed by atoms with van der Waals surface area (Å²) >= 11 is 0. The molecule has 2 unspecified atom stereocenters. The zero-order chi connectivity index (χ0) is 15.9. The van der Waals surface area contributed by atoms with Crippen LogP contribution in [0.1, 0.15) is 47.0 Å². The number of hydrogen-bond acceptors (Lipinski definition) is 6. The minimum Gasteiger partial charge on any atom is -0.393 e. The van der Waals surface area contributed by atoms with Gasteiger partial charge in [0.15, 0.2) is 0 Å². The van der Waals surface area contributed by atoms with Gasteiger partial charge in [-0.05, 0) is 27.2 Å². The molecule has 1 saturated heterocycles. The summed E-state index contributed by atoms with van der Waals surface area (Å²) in [4.78, 5) is 23.4. The highest BCUT2D eigenvalue weighted by atomic mass is 28.4. The fourth-order valence-electron chi connectivity index (χ4n) is 2.78. The lowest BCUT2D eigenvalue weighted by Crippen LogP contribution is -2.53. The van der Waals surface area contributed by atoms with Gasteiger partial charge in [0.2, 0.25) is 0 Å². The summed E-state index contributed by atoms with van der Waals surface area (Å²) in [6.45, 7) is 8.99. The van der Waals surface area contributed by atoms with Crippen LogP contribution in [-0.2, 0) is 27.6 Å². The van der Waals surface area contributed by atoms with Crippen molar-refractivity contribution < 1.29 is 27.6 Å². The summed E-state index contributed by atoms with van der Waals surface area (Å²) in [5.74, 6) is -1.47. The summed E-state index contributed by atoms with van der Waals surface area (Å²) in [7, 11) is -3.04. The Balaban J connectivity index is 3.10. The van der Waals surface area contributed by atoms with Crippen LogP contribution in [0.4, 0.5) is 0 Å². The molecule has 122 valence electrons. The van der Waals surface area contributed by atoms with Crippen LogP contribution in [0.15, 0.2) is 0 Å². The molecular formula is C14H26O6Si.